The predicted octanol–water partition coefficient (Wildman–Crippen LogP) is 3.41. The topological polar surface area (TPSA) is 64.4 Å². The van der Waals surface area contributed by atoms with E-state index in [-0.39, 0.29) is 31.2 Å². The molecule has 0 aromatic carbocycles. The van der Waals surface area contributed by atoms with Crippen LogP contribution in [0.3, 0.4) is 0 Å². The van der Waals surface area contributed by atoms with Gasteiger partial charge in [-0.25, -0.2) is 4.98 Å². The third-order valence-electron chi connectivity index (χ3n) is 2.76. The first-order chi connectivity index (χ1) is 10.9. The van der Waals surface area contributed by atoms with Crippen LogP contribution >= 0.6 is 11.3 Å². The van der Waals surface area contributed by atoms with Gasteiger partial charge in [-0.3, -0.25) is 4.79 Å². The number of halogens is 3. The molecule has 9 heteroatoms. The number of carbonyl (C=O) groups is 1. The Morgan fingerprint density at radius 1 is 1.48 bits per heavy atom. The zero-order valence-electron chi connectivity index (χ0n) is 12.3. The fraction of sp³-hybridized carbons (Fsp3) is 0.429. The molecule has 126 valence electrons. The molecule has 0 saturated heterocycles. The molecule has 0 radical (unpaired) electrons. The van der Waals surface area contributed by atoms with E-state index in [9.17, 15) is 18.0 Å². The summed E-state index contributed by atoms with van der Waals surface area (Å²) in [5, 5.41) is 3.21. The molecule has 0 aliphatic heterocycles. The Morgan fingerprint density at radius 3 is 2.91 bits per heavy atom. The Kier molecular flexibility index (Phi) is 5.78. The molecule has 0 aliphatic carbocycles. The number of aromatic nitrogens is 1. The number of alkyl halides is 3. The maximum atomic E-state index is 12.0. The van der Waals surface area contributed by atoms with Gasteiger partial charge in [0.25, 0.3) is 5.91 Å². The second-order valence-corrected chi connectivity index (χ2v) is 5.88. The van der Waals surface area contributed by atoms with Crippen molar-refractivity contribution >= 4 is 17.2 Å². The Labute approximate surface area is 134 Å². The van der Waals surface area contributed by atoms with E-state index in [0.29, 0.717) is 10.8 Å². The Hall–Kier alpha value is -1.87. The minimum Gasteiger partial charge on any atom is -0.462 e. The van der Waals surface area contributed by atoms with E-state index in [2.05, 4.69) is 15.0 Å². The molecular weight excluding hydrogens is 333 g/mol. The van der Waals surface area contributed by atoms with Crippen LogP contribution in [0.1, 0.15) is 21.8 Å². The molecule has 0 bridgehead atoms. The van der Waals surface area contributed by atoms with Gasteiger partial charge in [0.1, 0.15) is 12.3 Å². The summed E-state index contributed by atoms with van der Waals surface area (Å²) in [5.74, 6) is 0.213. The smallest absolute Gasteiger partial charge is 0.411 e. The largest absolute Gasteiger partial charge is 0.462 e. The fourth-order valence-corrected chi connectivity index (χ4v) is 2.64. The molecular formula is C14H15F3N2O3S. The van der Waals surface area contributed by atoms with Crippen LogP contribution in [-0.2, 0) is 4.74 Å². The van der Waals surface area contributed by atoms with Gasteiger partial charge in [-0.15, -0.1) is 11.3 Å². The number of aryl methyl sites for hydroxylation is 1. The minimum atomic E-state index is -4.33. The van der Waals surface area contributed by atoms with Crippen molar-refractivity contribution in [2.45, 2.75) is 19.5 Å². The molecule has 0 fully saturated rings. The average Bonchev–Trinajstić information content (AvgIpc) is 3.10. The summed E-state index contributed by atoms with van der Waals surface area (Å²) in [6.45, 7) is 0.626. The van der Waals surface area contributed by atoms with Crippen molar-refractivity contribution in [3.8, 4) is 10.8 Å². The molecule has 1 N–H and O–H groups in total. The van der Waals surface area contributed by atoms with E-state index in [1.54, 1.807) is 19.1 Å². The number of furan rings is 1. The van der Waals surface area contributed by atoms with Gasteiger partial charge in [0.2, 0.25) is 0 Å². The maximum absolute atomic E-state index is 12.0. The zero-order chi connectivity index (χ0) is 16.9. The number of ether oxygens (including phenoxy) is 1. The monoisotopic (exact) mass is 348 g/mol. The standard InChI is InChI=1S/C14H15F3N2O3S/c1-9-11(19-13(23-9)10-4-2-7-22-10)12(20)18-5-3-6-21-8-14(15,16)17/h2,4,7H,3,5-6,8H2,1H3,(H,18,20). The van der Waals surface area contributed by atoms with Gasteiger partial charge in [0.05, 0.1) is 6.26 Å². The molecule has 5 nitrogen and oxygen atoms in total. The van der Waals surface area contributed by atoms with Crippen LogP contribution in [-0.4, -0.2) is 36.8 Å². The number of carbonyl (C=O) groups excluding carboxylic acids is 1. The van der Waals surface area contributed by atoms with E-state index >= 15 is 0 Å². The summed E-state index contributed by atoms with van der Waals surface area (Å²) in [6.07, 6.45) is -2.52. The number of rotatable bonds is 7. The van der Waals surface area contributed by atoms with Crippen LogP contribution in [0.4, 0.5) is 13.2 Å². The molecule has 2 rings (SSSR count). The van der Waals surface area contributed by atoms with Crippen LogP contribution in [0.5, 0.6) is 0 Å². The van der Waals surface area contributed by atoms with Crippen LogP contribution in [0.25, 0.3) is 10.8 Å². The molecule has 23 heavy (non-hydrogen) atoms. The van der Waals surface area contributed by atoms with Crippen molar-refractivity contribution in [3.05, 3.63) is 29.0 Å². The van der Waals surface area contributed by atoms with Crippen LogP contribution in [0.2, 0.25) is 0 Å². The Bertz CT molecular complexity index is 638. The molecule has 2 aromatic heterocycles. The van der Waals surface area contributed by atoms with E-state index < -0.39 is 12.8 Å². The predicted molar refractivity (Wildman–Crippen MR) is 78.4 cm³/mol. The van der Waals surface area contributed by atoms with Gasteiger partial charge in [0.15, 0.2) is 10.8 Å². The lowest BCUT2D eigenvalue weighted by Gasteiger charge is -2.07. The lowest BCUT2D eigenvalue weighted by atomic mass is 10.3. The average molecular weight is 348 g/mol. The zero-order valence-corrected chi connectivity index (χ0v) is 13.1. The third kappa shape index (κ3) is 5.36. The molecule has 2 heterocycles. The maximum Gasteiger partial charge on any atom is 0.411 e. The number of thiazole rings is 1. The van der Waals surface area contributed by atoms with Crippen LogP contribution < -0.4 is 5.32 Å². The highest BCUT2D eigenvalue weighted by Gasteiger charge is 2.27. The van der Waals surface area contributed by atoms with Crippen molar-refractivity contribution in [1.82, 2.24) is 10.3 Å². The highest BCUT2D eigenvalue weighted by atomic mass is 32.1. The van der Waals surface area contributed by atoms with E-state index in [0.717, 1.165) is 4.88 Å². The number of nitrogens with one attached hydrogen (secondary N) is 1. The van der Waals surface area contributed by atoms with E-state index in [1.165, 1.54) is 17.6 Å². The molecule has 0 saturated carbocycles. The van der Waals surface area contributed by atoms with E-state index in [4.69, 9.17) is 4.42 Å². The summed E-state index contributed by atoms with van der Waals surface area (Å²) in [7, 11) is 0. The molecule has 0 aliphatic rings. The lowest BCUT2D eigenvalue weighted by Crippen LogP contribution is -2.26. The van der Waals surface area contributed by atoms with Gasteiger partial charge in [0, 0.05) is 18.0 Å². The summed E-state index contributed by atoms with van der Waals surface area (Å²) in [5.41, 5.74) is 0.289. The van der Waals surface area contributed by atoms with Crippen LogP contribution in [0.15, 0.2) is 22.8 Å². The lowest BCUT2D eigenvalue weighted by molar-refractivity contribution is -0.173. The number of hydrogen-bond donors (Lipinski definition) is 1. The minimum absolute atomic E-state index is 0.0759. The summed E-state index contributed by atoms with van der Waals surface area (Å²) in [4.78, 5) is 17.0. The highest BCUT2D eigenvalue weighted by Crippen LogP contribution is 2.27. The number of nitrogens with zero attached hydrogens (tertiary/aromatic N) is 1. The van der Waals surface area contributed by atoms with Crippen molar-refractivity contribution in [2.24, 2.45) is 0 Å². The molecule has 2 aromatic rings. The van der Waals surface area contributed by atoms with E-state index in [1.807, 2.05) is 0 Å². The molecule has 0 unspecified atom stereocenters. The fourth-order valence-electron chi connectivity index (χ4n) is 1.76. The first-order valence-electron chi connectivity index (χ1n) is 6.81. The highest BCUT2D eigenvalue weighted by molar-refractivity contribution is 7.15. The first-order valence-corrected chi connectivity index (χ1v) is 7.62. The summed E-state index contributed by atoms with van der Waals surface area (Å²) >= 11 is 1.34. The Morgan fingerprint density at radius 2 is 2.26 bits per heavy atom. The van der Waals surface area contributed by atoms with Gasteiger partial charge in [-0.05, 0) is 25.5 Å². The summed E-state index contributed by atoms with van der Waals surface area (Å²) < 4.78 is 45.3. The molecule has 0 atom stereocenters. The van der Waals surface area contributed by atoms with Gasteiger partial charge in [-0.2, -0.15) is 13.2 Å². The van der Waals surface area contributed by atoms with Gasteiger partial charge < -0.3 is 14.5 Å². The third-order valence-corrected chi connectivity index (χ3v) is 3.75. The van der Waals surface area contributed by atoms with Crippen molar-refractivity contribution in [2.75, 3.05) is 19.8 Å². The number of amides is 1. The first kappa shape index (κ1) is 17.5. The van der Waals surface area contributed by atoms with Crippen molar-refractivity contribution in [1.29, 1.82) is 0 Å². The van der Waals surface area contributed by atoms with Crippen LogP contribution in [0, 0.1) is 6.92 Å². The quantitative estimate of drug-likeness (QED) is 0.779. The SMILES string of the molecule is Cc1sc(-c2ccco2)nc1C(=O)NCCCOCC(F)(F)F. The van der Waals surface area contributed by atoms with Gasteiger partial charge >= 0.3 is 6.18 Å². The van der Waals surface area contributed by atoms with Gasteiger partial charge in [-0.1, -0.05) is 0 Å². The Balaban J connectivity index is 1.78. The van der Waals surface area contributed by atoms with Crippen molar-refractivity contribution < 1.29 is 27.1 Å². The van der Waals surface area contributed by atoms with Crippen molar-refractivity contribution in [3.63, 3.8) is 0 Å². The number of hydrogen-bond acceptors (Lipinski definition) is 5. The second-order valence-electron chi connectivity index (χ2n) is 4.68. The normalized spacial score (nSPS) is 11.7. The summed E-state index contributed by atoms with van der Waals surface area (Å²) in [6, 6.07) is 3.48. The molecule has 1 amide bonds. The second kappa shape index (κ2) is 7.60. The molecule has 0 spiro atoms.